The lowest BCUT2D eigenvalue weighted by Crippen LogP contribution is -2.27. The van der Waals surface area contributed by atoms with Gasteiger partial charge < -0.3 is 0 Å². The smallest absolute Gasteiger partial charge is 0.241 e. The number of thioether (sulfide) groups is 1. The Hall–Kier alpha value is -0.510. The summed E-state index contributed by atoms with van der Waals surface area (Å²) in [5.41, 5.74) is 0. The molecule has 0 aromatic carbocycles. The van der Waals surface area contributed by atoms with Gasteiger partial charge in [-0.05, 0) is 0 Å². The molecule has 0 saturated carbocycles. The average Bonchev–Trinajstić information content (AvgIpc) is 1.93. The van der Waals surface area contributed by atoms with Crippen LogP contribution in [0.1, 0.15) is 6.42 Å². The minimum atomic E-state index is -0.289. The molecule has 1 aliphatic rings. The highest BCUT2D eigenvalue weighted by atomic mass is 32.2. The van der Waals surface area contributed by atoms with Gasteiger partial charge in [0, 0.05) is 12.2 Å². The number of carbonyl (C=O) groups excluding carboxylic acids is 2. The lowest BCUT2D eigenvalue weighted by atomic mass is 10.4. The van der Waals surface area contributed by atoms with Crippen LogP contribution < -0.4 is 5.32 Å². The molecule has 1 fully saturated rings. The number of amides is 2. The van der Waals surface area contributed by atoms with Crippen molar-refractivity contribution in [3.05, 3.63) is 5.75 Å². The monoisotopic (exact) mass is 144 g/mol. The largest absolute Gasteiger partial charge is 0.295 e. The van der Waals surface area contributed by atoms with Gasteiger partial charge in [0.25, 0.3) is 0 Å². The average molecular weight is 144 g/mol. The highest BCUT2D eigenvalue weighted by Gasteiger charge is 2.12. The van der Waals surface area contributed by atoms with E-state index >= 15 is 0 Å². The Morgan fingerprint density at radius 1 is 1.56 bits per heavy atom. The third-order valence-corrected chi connectivity index (χ3v) is 1.72. The second-order valence-corrected chi connectivity index (χ2v) is 2.63. The van der Waals surface area contributed by atoms with Crippen molar-refractivity contribution in [3.63, 3.8) is 0 Å². The van der Waals surface area contributed by atoms with Crippen molar-refractivity contribution in [2.75, 3.05) is 5.75 Å². The molecule has 0 aliphatic carbocycles. The first kappa shape index (κ1) is 6.61. The number of hydrogen-bond donors (Lipinski definition) is 1. The molecule has 1 heterocycles. The minimum absolute atomic E-state index is 0.179. The molecule has 3 nitrogen and oxygen atoms in total. The van der Waals surface area contributed by atoms with Crippen LogP contribution in [0.5, 0.6) is 0 Å². The number of carbonyl (C=O) groups is 2. The summed E-state index contributed by atoms with van der Waals surface area (Å²) in [5.74, 6) is 1.66. The Morgan fingerprint density at radius 3 is 3.11 bits per heavy atom. The summed E-state index contributed by atoms with van der Waals surface area (Å²) >= 11 is 1.37. The Bertz CT molecular complexity index is 130. The predicted molar refractivity (Wildman–Crippen MR) is 34.5 cm³/mol. The van der Waals surface area contributed by atoms with Crippen molar-refractivity contribution in [2.24, 2.45) is 0 Å². The Kier molecular flexibility index (Phi) is 2.10. The Morgan fingerprint density at radius 2 is 2.33 bits per heavy atom. The summed E-state index contributed by atoms with van der Waals surface area (Å²) in [6, 6.07) is 0. The van der Waals surface area contributed by atoms with E-state index in [0.29, 0.717) is 12.2 Å². The topological polar surface area (TPSA) is 46.2 Å². The van der Waals surface area contributed by atoms with Crippen molar-refractivity contribution in [1.82, 2.24) is 5.32 Å². The standard InChI is InChI=1S/C5H6NO2S/c7-4-1-2-9-3-5(8)6-4/h3H,1-2H2,(H,6,7,8). The molecule has 0 unspecified atom stereocenters. The van der Waals surface area contributed by atoms with E-state index in [9.17, 15) is 9.59 Å². The quantitative estimate of drug-likeness (QED) is 0.484. The first-order valence-corrected chi connectivity index (χ1v) is 3.62. The first-order chi connectivity index (χ1) is 4.29. The summed E-state index contributed by atoms with van der Waals surface area (Å²) in [6.07, 6.45) is 0.437. The van der Waals surface area contributed by atoms with Crippen LogP contribution in [0.15, 0.2) is 0 Å². The van der Waals surface area contributed by atoms with Crippen molar-refractivity contribution >= 4 is 23.6 Å². The van der Waals surface area contributed by atoms with Crippen LogP contribution in [0, 0.1) is 5.75 Å². The summed E-state index contributed by atoms with van der Waals surface area (Å²) in [6.45, 7) is 0. The maximum atomic E-state index is 10.5. The second kappa shape index (κ2) is 2.87. The van der Waals surface area contributed by atoms with E-state index in [4.69, 9.17) is 0 Å². The van der Waals surface area contributed by atoms with E-state index in [0.717, 1.165) is 0 Å². The van der Waals surface area contributed by atoms with Crippen LogP contribution in [0.4, 0.5) is 0 Å². The third-order valence-electron chi connectivity index (χ3n) is 0.900. The van der Waals surface area contributed by atoms with E-state index in [1.165, 1.54) is 17.5 Å². The number of imide groups is 1. The molecule has 0 aromatic heterocycles. The molecule has 0 bridgehead atoms. The molecule has 1 aliphatic heterocycles. The Labute approximate surface area is 57.2 Å². The Balaban J connectivity index is 2.47. The van der Waals surface area contributed by atoms with Crippen LogP contribution >= 0.6 is 11.8 Å². The van der Waals surface area contributed by atoms with Gasteiger partial charge in [0.15, 0.2) is 0 Å². The van der Waals surface area contributed by atoms with Gasteiger partial charge in [-0.15, -0.1) is 11.8 Å². The van der Waals surface area contributed by atoms with Gasteiger partial charge in [-0.25, -0.2) is 0 Å². The van der Waals surface area contributed by atoms with Crippen LogP contribution in [-0.4, -0.2) is 17.6 Å². The maximum absolute atomic E-state index is 10.5. The van der Waals surface area contributed by atoms with Gasteiger partial charge in [-0.3, -0.25) is 14.9 Å². The van der Waals surface area contributed by atoms with Crippen molar-refractivity contribution in [1.29, 1.82) is 0 Å². The zero-order chi connectivity index (χ0) is 6.69. The zero-order valence-electron chi connectivity index (χ0n) is 4.72. The fourth-order valence-electron chi connectivity index (χ4n) is 0.516. The van der Waals surface area contributed by atoms with E-state index in [1.54, 1.807) is 0 Å². The molecule has 2 amide bonds. The molecule has 0 spiro atoms. The summed E-state index contributed by atoms with van der Waals surface area (Å²) in [4.78, 5) is 21.0. The van der Waals surface area contributed by atoms with Crippen molar-refractivity contribution in [2.45, 2.75) is 6.42 Å². The molecule has 4 heteroatoms. The fourth-order valence-corrected chi connectivity index (χ4v) is 1.15. The highest BCUT2D eigenvalue weighted by molar-refractivity contribution is 8.02. The molecule has 1 N–H and O–H groups in total. The van der Waals surface area contributed by atoms with Crippen LogP contribution in [0.25, 0.3) is 0 Å². The van der Waals surface area contributed by atoms with Gasteiger partial charge in [0.05, 0.1) is 0 Å². The van der Waals surface area contributed by atoms with Gasteiger partial charge in [0.2, 0.25) is 11.8 Å². The van der Waals surface area contributed by atoms with E-state index < -0.39 is 0 Å². The van der Waals surface area contributed by atoms with Crippen molar-refractivity contribution < 1.29 is 9.59 Å². The SMILES string of the molecule is O=C1[CH]SCCC(=O)N1. The molecule has 0 atom stereocenters. The molecular formula is C5H6NO2S. The van der Waals surface area contributed by atoms with Gasteiger partial charge >= 0.3 is 0 Å². The number of nitrogens with one attached hydrogen (secondary N) is 1. The lowest BCUT2D eigenvalue weighted by molar-refractivity contribution is -0.127. The number of hydrogen-bond acceptors (Lipinski definition) is 3. The van der Waals surface area contributed by atoms with Crippen LogP contribution in [-0.2, 0) is 9.59 Å². The lowest BCUT2D eigenvalue weighted by Gasteiger charge is -1.92. The summed E-state index contributed by atoms with van der Waals surface area (Å²) in [7, 11) is 0. The highest BCUT2D eigenvalue weighted by Crippen LogP contribution is 2.09. The molecule has 0 aromatic rings. The van der Waals surface area contributed by atoms with Crippen LogP contribution in [0.2, 0.25) is 0 Å². The summed E-state index contributed by atoms with van der Waals surface area (Å²) < 4.78 is 0. The van der Waals surface area contributed by atoms with Crippen molar-refractivity contribution in [3.8, 4) is 0 Å². The molecular weight excluding hydrogens is 138 g/mol. The number of rotatable bonds is 0. The van der Waals surface area contributed by atoms with Gasteiger partial charge in [-0.1, -0.05) is 0 Å². The zero-order valence-corrected chi connectivity index (χ0v) is 5.53. The first-order valence-electron chi connectivity index (χ1n) is 2.57. The fraction of sp³-hybridized carbons (Fsp3) is 0.400. The molecule has 1 rings (SSSR count). The normalized spacial score (nSPS) is 20.9. The molecule has 49 valence electrons. The molecule has 1 saturated heterocycles. The summed E-state index contributed by atoms with van der Waals surface area (Å²) in [5, 5.41) is 2.19. The third kappa shape index (κ3) is 2.05. The maximum Gasteiger partial charge on any atom is 0.241 e. The van der Waals surface area contributed by atoms with E-state index in [1.807, 2.05) is 0 Å². The predicted octanol–water partition coefficient (Wildman–Crippen LogP) is -0.0721. The van der Waals surface area contributed by atoms with E-state index in [-0.39, 0.29) is 11.8 Å². The van der Waals surface area contributed by atoms with Gasteiger partial charge in [-0.2, -0.15) is 0 Å². The van der Waals surface area contributed by atoms with Crippen LogP contribution in [0.3, 0.4) is 0 Å². The van der Waals surface area contributed by atoms with Gasteiger partial charge in [0.1, 0.15) is 5.75 Å². The second-order valence-electron chi connectivity index (χ2n) is 1.65. The molecule has 9 heavy (non-hydrogen) atoms. The molecule has 1 radical (unpaired) electrons. The van der Waals surface area contributed by atoms with E-state index in [2.05, 4.69) is 5.32 Å². The minimum Gasteiger partial charge on any atom is -0.295 e.